The van der Waals surface area contributed by atoms with Gasteiger partial charge in [-0.2, -0.15) is 0 Å². The van der Waals surface area contributed by atoms with Crippen LogP contribution >= 0.6 is 0 Å². The number of nitrogens with zero attached hydrogens (tertiary/aromatic N) is 1. The lowest BCUT2D eigenvalue weighted by Crippen LogP contribution is -2.23. The molecule has 0 aromatic heterocycles. The van der Waals surface area contributed by atoms with Gasteiger partial charge in [0.1, 0.15) is 5.82 Å². The molecule has 0 saturated heterocycles. The standard InChI is InChI=1S/C17H21FN2/c1-12-10-14(11-19)8-9-17(12)20(3)13(2)15-6-4-5-7-16(15)18/h4-10,13H,11,19H2,1-3H3. The van der Waals surface area contributed by atoms with Crippen LogP contribution in [0, 0.1) is 12.7 Å². The summed E-state index contributed by atoms with van der Waals surface area (Å²) in [6.45, 7) is 4.60. The maximum atomic E-state index is 13.9. The highest BCUT2D eigenvalue weighted by Crippen LogP contribution is 2.29. The molecule has 0 aliphatic carbocycles. The number of hydrogen-bond acceptors (Lipinski definition) is 2. The molecule has 0 radical (unpaired) electrons. The average Bonchev–Trinajstić information content (AvgIpc) is 2.46. The Morgan fingerprint density at radius 3 is 2.50 bits per heavy atom. The molecule has 0 fully saturated rings. The van der Waals surface area contributed by atoms with E-state index in [0.29, 0.717) is 12.1 Å². The SMILES string of the molecule is Cc1cc(CN)ccc1N(C)C(C)c1ccccc1F. The molecule has 2 N–H and O–H groups in total. The zero-order valence-corrected chi connectivity index (χ0v) is 12.2. The summed E-state index contributed by atoms with van der Waals surface area (Å²) < 4.78 is 13.9. The van der Waals surface area contributed by atoms with Gasteiger partial charge in [-0.05, 0) is 37.1 Å². The molecule has 0 bridgehead atoms. The molecule has 0 saturated carbocycles. The predicted octanol–water partition coefficient (Wildman–Crippen LogP) is 3.79. The van der Waals surface area contributed by atoms with E-state index in [-0.39, 0.29) is 11.9 Å². The zero-order chi connectivity index (χ0) is 14.7. The van der Waals surface area contributed by atoms with E-state index in [9.17, 15) is 4.39 Å². The molecule has 1 unspecified atom stereocenters. The summed E-state index contributed by atoms with van der Waals surface area (Å²) in [7, 11) is 1.99. The van der Waals surface area contributed by atoms with Gasteiger partial charge in [0.25, 0.3) is 0 Å². The van der Waals surface area contributed by atoms with E-state index in [0.717, 1.165) is 16.8 Å². The molecule has 1 atom stereocenters. The summed E-state index contributed by atoms with van der Waals surface area (Å²) in [4.78, 5) is 2.09. The van der Waals surface area contributed by atoms with Crippen molar-refractivity contribution in [3.8, 4) is 0 Å². The van der Waals surface area contributed by atoms with Gasteiger partial charge >= 0.3 is 0 Å². The van der Waals surface area contributed by atoms with Crippen molar-refractivity contribution in [1.82, 2.24) is 0 Å². The van der Waals surface area contributed by atoms with Gasteiger partial charge in [-0.25, -0.2) is 4.39 Å². The fourth-order valence-corrected chi connectivity index (χ4v) is 2.47. The number of hydrogen-bond donors (Lipinski definition) is 1. The van der Waals surface area contributed by atoms with Crippen molar-refractivity contribution in [2.24, 2.45) is 5.73 Å². The first-order chi connectivity index (χ1) is 9.54. The van der Waals surface area contributed by atoms with Crippen LogP contribution in [0.1, 0.15) is 29.7 Å². The Morgan fingerprint density at radius 1 is 1.20 bits per heavy atom. The lowest BCUT2D eigenvalue weighted by Gasteiger charge is -2.29. The van der Waals surface area contributed by atoms with Crippen LogP contribution in [-0.4, -0.2) is 7.05 Å². The second-order valence-corrected chi connectivity index (χ2v) is 5.13. The Balaban J connectivity index is 2.31. The van der Waals surface area contributed by atoms with E-state index < -0.39 is 0 Å². The van der Waals surface area contributed by atoms with Crippen LogP contribution in [0.15, 0.2) is 42.5 Å². The van der Waals surface area contributed by atoms with Crippen LogP contribution in [0.3, 0.4) is 0 Å². The van der Waals surface area contributed by atoms with Gasteiger partial charge in [0.2, 0.25) is 0 Å². The van der Waals surface area contributed by atoms with Crippen molar-refractivity contribution < 1.29 is 4.39 Å². The summed E-state index contributed by atoms with van der Waals surface area (Å²) >= 11 is 0. The fraction of sp³-hybridized carbons (Fsp3) is 0.294. The van der Waals surface area contributed by atoms with Crippen molar-refractivity contribution in [1.29, 1.82) is 0 Å². The lowest BCUT2D eigenvalue weighted by molar-refractivity contribution is 0.585. The minimum absolute atomic E-state index is 0.0290. The molecule has 3 heteroatoms. The third-order valence-electron chi connectivity index (χ3n) is 3.81. The summed E-state index contributed by atoms with van der Waals surface area (Å²) in [6.07, 6.45) is 0. The van der Waals surface area contributed by atoms with E-state index in [2.05, 4.69) is 24.0 Å². The first kappa shape index (κ1) is 14.5. The molecular weight excluding hydrogens is 251 g/mol. The maximum Gasteiger partial charge on any atom is 0.128 e. The Hall–Kier alpha value is -1.87. The smallest absolute Gasteiger partial charge is 0.128 e. The van der Waals surface area contributed by atoms with Gasteiger partial charge in [-0.3, -0.25) is 0 Å². The highest BCUT2D eigenvalue weighted by atomic mass is 19.1. The third kappa shape index (κ3) is 2.83. The van der Waals surface area contributed by atoms with Crippen molar-refractivity contribution in [3.63, 3.8) is 0 Å². The molecule has 0 amide bonds. The van der Waals surface area contributed by atoms with Gasteiger partial charge in [0.15, 0.2) is 0 Å². The van der Waals surface area contributed by atoms with E-state index in [1.807, 2.05) is 32.2 Å². The van der Waals surface area contributed by atoms with Crippen molar-refractivity contribution in [2.75, 3.05) is 11.9 Å². The predicted molar refractivity (Wildman–Crippen MR) is 82.3 cm³/mol. The quantitative estimate of drug-likeness (QED) is 0.917. The number of halogens is 1. The van der Waals surface area contributed by atoms with E-state index in [1.54, 1.807) is 6.07 Å². The molecule has 0 heterocycles. The second kappa shape index (κ2) is 6.06. The normalized spacial score (nSPS) is 12.2. The van der Waals surface area contributed by atoms with Crippen LogP contribution in [0.2, 0.25) is 0 Å². The number of benzene rings is 2. The van der Waals surface area contributed by atoms with Gasteiger partial charge in [0, 0.05) is 24.8 Å². The summed E-state index contributed by atoms with van der Waals surface area (Å²) in [5.41, 5.74) is 9.71. The molecule has 2 nitrogen and oxygen atoms in total. The Kier molecular flexibility index (Phi) is 4.40. The fourth-order valence-electron chi connectivity index (χ4n) is 2.47. The largest absolute Gasteiger partial charge is 0.368 e. The van der Waals surface area contributed by atoms with Crippen LogP contribution in [0.25, 0.3) is 0 Å². The van der Waals surface area contributed by atoms with E-state index >= 15 is 0 Å². The third-order valence-corrected chi connectivity index (χ3v) is 3.81. The van der Waals surface area contributed by atoms with Crippen LogP contribution < -0.4 is 10.6 Å². The highest BCUT2D eigenvalue weighted by molar-refractivity contribution is 5.55. The average molecular weight is 272 g/mol. The topological polar surface area (TPSA) is 29.3 Å². The minimum atomic E-state index is -0.164. The first-order valence-electron chi connectivity index (χ1n) is 6.81. The Morgan fingerprint density at radius 2 is 1.90 bits per heavy atom. The first-order valence-corrected chi connectivity index (χ1v) is 6.81. The summed E-state index contributed by atoms with van der Waals surface area (Å²) in [6, 6.07) is 13.0. The Bertz CT molecular complexity index is 595. The summed E-state index contributed by atoms with van der Waals surface area (Å²) in [5, 5.41) is 0. The zero-order valence-electron chi connectivity index (χ0n) is 12.2. The molecule has 0 aliphatic rings. The Labute approximate surface area is 120 Å². The molecule has 2 rings (SSSR count). The van der Waals surface area contributed by atoms with Crippen LogP contribution in [-0.2, 0) is 6.54 Å². The van der Waals surface area contributed by atoms with Gasteiger partial charge in [-0.1, -0.05) is 30.3 Å². The van der Waals surface area contributed by atoms with Gasteiger partial charge in [-0.15, -0.1) is 0 Å². The molecule has 20 heavy (non-hydrogen) atoms. The number of rotatable bonds is 4. The molecule has 0 aliphatic heterocycles. The van der Waals surface area contributed by atoms with Crippen LogP contribution in [0.5, 0.6) is 0 Å². The molecule has 2 aromatic rings. The van der Waals surface area contributed by atoms with Crippen molar-refractivity contribution in [3.05, 3.63) is 65.0 Å². The molecular formula is C17H21FN2. The molecule has 0 spiro atoms. The number of nitrogens with two attached hydrogens (primary N) is 1. The summed E-state index contributed by atoms with van der Waals surface area (Å²) in [5.74, 6) is -0.164. The minimum Gasteiger partial charge on any atom is -0.368 e. The number of anilines is 1. The maximum absolute atomic E-state index is 13.9. The number of aryl methyl sites for hydroxylation is 1. The van der Waals surface area contributed by atoms with E-state index in [4.69, 9.17) is 5.73 Å². The second-order valence-electron chi connectivity index (χ2n) is 5.13. The van der Waals surface area contributed by atoms with Gasteiger partial charge in [0.05, 0.1) is 6.04 Å². The van der Waals surface area contributed by atoms with Crippen molar-refractivity contribution in [2.45, 2.75) is 26.4 Å². The van der Waals surface area contributed by atoms with E-state index in [1.165, 1.54) is 6.07 Å². The monoisotopic (exact) mass is 272 g/mol. The van der Waals surface area contributed by atoms with Gasteiger partial charge < -0.3 is 10.6 Å². The molecule has 2 aromatic carbocycles. The van der Waals surface area contributed by atoms with Crippen molar-refractivity contribution >= 4 is 5.69 Å². The highest BCUT2D eigenvalue weighted by Gasteiger charge is 2.17. The molecule has 106 valence electrons. The lowest BCUT2D eigenvalue weighted by atomic mass is 10.0. The van der Waals surface area contributed by atoms with Crippen LogP contribution in [0.4, 0.5) is 10.1 Å².